The van der Waals surface area contributed by atoms with Crippen LogP contribution < -0.4 is 0 Å². The second-order valence-electron chi connectivity index (χ2n) is 3.18. The maximum Gasteiger partial charge on any atom is 0.224 e. The third-order valence-electron chi connectivity index (χ3n) is 2.16. The minimum Gasteiger partial charge on any atom is -0.224 e. The van der Waals surface area contributed by atoms with Gasteiger partial charge in [-0.25, -0.2) is 4.98 Å². The zero-order chi connectivity index (χ0) is 11.0. The van der Waals surface area contributed by atoms with Crippen LogP contribution >= 0.6 is 11.6 Å². The number of rotatable bonds is 1. The number of benzene rings is 1. The first-order valence-corrected chi connectivity index (χ1v) is 5.02. The molecule has 0 fully saturated rings. The van der Waals surface area contributed by atoms with Crippen molar-refractivity contribution < 1.29 is 0 Å². The van der Waals surface area contributed by atoms with Gasteiger partial charge in [0.15, 0.2) is 11.2 Å². The Labute approximate surface area is 95.7 Å². The molecule has 1 aromatic carbocycles. The third-order valence-corrected chi connectivity index (χ3v) is 2.35. The van der Waals surface area contributed by atoms with Crippen LogP contribution in [0.25, 0.3) is 16.9 Å². The zero-order valence-electron chi connectivity index (χ0n) is 8.08. The Morgan fingerprint density at radius 1 is 1.12 bits per heavy atom. The smallest absolute Gasteiger partial charge is 0.224 e. The Hall–Kier alpha value is -2.01. The standard InChI is InChI=1S/C10H6ClN5/c11-10-12-6-8-9(13-10)16(15-14-8)7-4-2-1-3-5-7/h1-6H. The van der Waals surface area contributed by atoms with Gasteiger partial charge in [0.25, 0.3) is 0 Å². The van der Waals surface area contributed by atoms with Crippen LogP contribution in [-0.2, 0) is 0 Å². The molecule has 3 aromatic rings. The van der Waals surface area contributed by atoms with Crippen molar-refractivity contribution in [3.63, 3.8) is 0 Å². The van der Waals surface area contributed by atoms with Crippen molar-refractivity contribution in [3.05, 3.63) is 41.8 Å². The van der Waals surface area contributed by atoms with E-state index in [1.54, 1.807) is 10.9 Å². The molecule has 0 bridgehead atoms. The Balaban J connectivity index is 2.29. The summed E-state index contributed by atoms with van der Waals surface area (Å²) in [6.45, 7) is 0. The maximum atomic E-state index is 5.74. The van der Waals surface area contributed by atoms with E-state index in [2.05, 4.69) is 20.3 Å². The number of nitrogens with zero attached hydrogens (tertiary/aromatic N) is 5. The van der Waals surface area contributed by atoms with E-state index in [1.165, 1.54) is 0 Å². The predicted molar refractivity (Wildman–Crippen MR) is 59.5 cm³/mol. The molecule has 0 radical (unpaired) electrons. The molecule has 0 N–H and O–H groups in total. The predicted octanol–water partition coefficient (Wildman–Crippen LogP) is 1.86. The van der Waals surface area contributed by atoms with Crippen molar-refractivity contribution in [2.24, 2.45) is 0 Å². The molecule has 2 aromatic heterocycles. The van der Waals surface area contributed by atoms with Crippen LogP contribution in [0.5, 0.6) is 0 Å². The molecule has 3 rings (SSSR count). The Morgan fingerprint density at radius 2 is 1.94 bits per heavy atom. The molecule has 0 aliphatic heterocycles. The average Bonchev–Trinajstić information content (AvgIpc) is 2.73. The Bertz CT molecular complexity index is 634. The molecule has 0 atom stereocenters. The quantitative estimate of drug-likeness (QED) is 0.600. The molecule has 0 aliphatic carbocycles. The van der Waals surface area contributed by atoms with Crippen molar-refractivity contribution in [1.29, 1.82) is 0 Å². The van der Waals surface area contributed by atoms with E-state index in [1.807, 2.05) is 30.3 Å². The van der Waals surface area contributed by atoms with Gasteiger partial charge in [0, 0.05) is 0 Å². The summed E-state index contributed by atoms with van der Waals surface area (Å²) < 4.78 is 1.63. The molecule has 5 nitrogen and oxygen atoms in total. The maximum absolute atomic E-state index is 5.74. The van der Waals surface area contributed by atoms with E-state index in [4.69, 9.17) is 11.6 Å². The summed E-state index contributed by atoms with van der Waals surface area (Å²) in [5.41, 5.74) is 2.11. The van der Waals surface area contributed by atoms with Crippen LogP contribution in [0.2, 0.25) is 5.28 Å². The van der Waals surface area contributed by atoms with Gasteiger partial charge in [0.05, 0.1) is 11.9 Å². The molecule has 16 heavy (non-hydrogen) atoms. The lowest BCUT2D eigenvalue weighted by Gasteiger charge is -1.99. The topological polar surface area (TPSA) is 56.5 Å². The number of halogens is 1. The van der Waals surface area contributed by atoms with Crippen molar-refractivity contribution in [1.82, 2.24) is 25.0 Å². The van der Waals surface area contributed by atoms with Crippen molar-refractivity contribution in [3.8, 4) is 5.69 Å². The van der Waals surface area contributed by atoms with Crippen LogP contribution in [0.1, 0.15) is 0 Å². The highest BCUT2D eigenvalue weighted by Gasteiger charge is 2.08. The van der Waals surface area contributed by atoms with Crippen LogP contribution in [0.3, 0.4) is 0 Å². The summed E-state index contributed by atoms with van der Waals surface area (Å²) >= 11 is 5.74. The normalized spacial score (nSPS) is 10.8. The summed E-state index contributed by atoms with van der Waals surface area (Å²) in [6, 6.07) is 9.62. The summed E-state index contributed by atoms with van der Waals surface area (Å²) in [6.07, 6.45) is 1.55. The fourth-order valence-electron chi connectivity index (χ4n) is 1.45. The molecule has 0 saturated heterocycles. The lowest BCUT2D eigenvalue weighted by atomic mass is 10.3. The molecule has 2 heterocycles. The highest BCUT2D eigenvalue weighted by molar-refractivity contribution is 6.28. The highest BCUT2D eigenvalue weighted by Crippen LogP contribution is 2.14. The number of fused-ring (bicyclic) bond motifs is 1. The van der Waals surface area contributed by atoms with E-state index < -0.39 is 0 Å². The van der Waals surface area contributed by atoms with Crippen LogP contribution in [0.15, 0.2) is 36.5 Å². The summed E-state index contributed by atoms with van der Waals surface area (Å²) in [7, 11) is 0. The van der Waals surface area contributed by atoms with Gasteiger partial charge in [0.1, 0.15) is 0 Å². The van der Waals surface area contributed by atoms with E-state index in [9.17, 15) is 0 Å². The van der Waals surface area contributed by atoms with E-state index in [0.717, 1.165) is 5.69 Å². The average molecular weight is 232 g/mol. The minimum atomic E-state index is 0.187. The number of hydrogen-bond acceptors (Lipinski definition) is 4. The number of hydrogen-bond donors (Lipinski definition) is 0. The van der Waals surface area contributed by atoms with E-state index in [-0.39, 0.29) is 5.28 Å². The largest absolute Gasteiger partial charge is 0.224 e. The second kappa shape index (κ2) is 3.53. The van der Waals surface area contributed by atoms with Crippen molar-refractivity contribution in [2.75, 3.05) is 0 Å². The first-order valence-electron chi connectivity index (χ1n) is 4.64. The minimum absolute atomic E-state index is 0.187. The summed E-state index contributed by atoms with van der Waals surface area (Å²) in [5.74, 6) is 0. The van der Waals surface area contributed by atoms with Gasteiger partial charge >= 0.3 is 0 Å². The molecule has 0 aliphatic rings. The van der Waals surface area contributed by atoms with Crippen LogP contribution in [-0.4, -0.2) is 25.0 Å². The fourth-order valence-corrected chi connectivity index (χ4v) is 1.58. The van der Waals surface area contributed by atoms with Gasteiger partial charge in [-0.15, -0.1) is 5.10 Å². The molecule has 78 valence electrons. The number of para-hydroxylation sites is 1. The van der Waals surface area contributed by atoms with Crippen molar-refractivity contribution in [2.45, 2.75) is 0 Å². The van der Waals surface area contributed by atoms with Gasteiger partial charge in [-0.05, 0) is 23.7 Å². The highest BCUT2D eigenvalue weighted by atomic mass is 35.5. The van der Waals surface area contributed by atoms with Gasteiger partial charge < -0.3 is 0 Å². The number of aromatic nitrogens is 5. The van der Waals surface area contributed by atoms with Gasteiger partial charge in [0.2, 0.25) is 5.28 Å². The summed E-state index contributed by atoms with van der Waals surface area (Å²) in [5, 5.41) is 8.16. The lowest BCUT2D eigenvalue weighted by Crippen LogP contribution is -1.97. The molecule has 0 unspecified atom stereocenters. The van der Waals surface area contributed by atoms with Crippen LogP contribution in [0, 0.1) is 0 Å². The van der Waals surface area contributed by atoms with Crippen LogP contribution in [0.4, 0.5) is 0 Å². The molecular formula is C10H6ClN5. The Kier molecular flexibility index (Phi) is 2.04. The van der Waals surface area contributed by atoms with Gasteiger partial charge in [-0.3, -0.25) is 0 Å². The van der Waals surface area contributed by atoms with Gasteiger partial charge in [-0.2, -0.15) is 9.67 Å². The van der Waals surface area contributed by atoms with Crippen molar-refractivity contribution >= 4 is 22.8 Å². The van der Waals surface area contributed by atoms with E-state index >= 15 is 0 Å². The summed E-state index contributed by atoms with van der Waals surface area (Å²) in [4.78, 5) is 7.96. The SMILES string of the molecule is Clc1ncc2nnn(-c3ccccc3)c2n1. The molecule has 0 amide bonds. The lowest BCUT2D eigenvalue weighted by molar-refractivity contribution is 0.817. The first-order chi connectivity index (χ1) is 7.84. The monoisotopic (exact) mass is 231 g/mol. The molecule has 0 saturated carbocycles. The van der Waals surface area contributed by atoms with E-state index in [0.29, 0.717) is 11.2 Å². The Morgan fingerprint density at radius 3 is 2.75 bits per heavy atom. The molecular weight excluding hydrogens is 226 g/mol. The molecule has 0 spiro atoms. The zero-order valence-corrected chi connectivity index (χ0v) is 8.83. The fraction of sp³-hybridized carbons (Fsp3) is 0. The first kappa shape index (κ1) is 9.23. The third kappa shape index (κ3) is 1.42. The second-order valence-corrected chi connectivity index (χ2v) is 3.52. The molecule has 6 heteroatoms. The van der Waals surface area contributed by atoms with Gasteiger partial charge in [-0.1, -0.05) is 23.4 Å².